The molecule has 0 radical (unpaired) electrons. The Hall–Kier alpha value is -2.81. The van der Waals surface area contributed by atoms with Gasteiger partial charge in [-0.05, 0) is 98.2 Å². The van der Waals surface area contributed by atoms with E-state index < -0.39 is 17.9 Å². The Labute approximate surface area is 260 Å². The summed E-state index contributed by atoms with van der Waals surface area (Å²) in [6.45, 7) is 6.64. The Balaban J connectivity index is 1.55. The van der Waals surface area contributed by atoms with Crippen molar-refractivity contribution in [3.05, 3.63) is 58.1 Å². The molecule has 1 spiro atoms. The van der Waals surface area contributed by atoms with Crippen molar-refractivity contribution in [2.24, 2.45) is 17.6 Å². The van der Waals surface area contributed by atoms with Gasteiger partial charge < -0.3 is 30.1 Å². The van der Waals surface area contributed by atoms with Crippen LogP contribution in [0.5, 0.6) is 5.75 Å². The second-order valence-corrected chi connectivity index (χ2v) is 13.4. The van der Waals surface area contributed by atoms with E-state index in [0.717, 1.165) is 62.3 Å². The number of benzene rings is 2. The topological polar surface area (TPSA) is 105 Å². The molecule has 3 aliphatic rings. The average molecular weight is 612 g/mol. The average Bonchev–Trinajstić information content (AvgIpc) is 3.12. The molecule has 3 N–H and O–H groups in total. The number of nitrogens with two attached hydrogens (primary N) is 1. The molecular formula is C34H46ClN3O5. The van der Waals surface area contributed by atoms with Crippen molar-refractivity contribution < 1.29 is 24.2 Å². The molecule has 1 unspecified atom stereocenters. The number of primary amides is 1. The maximum atomic E-state index is 13.0. The van der Waals surface area contributed by atoms with Crippen LogP contribution in [0.2, 0.25) is 5.02 Å². The van der Waals surface area contributed by atoms with Crippen molar-refractivity contribution in [1.29, 1.82) is 0 Å². The van der Waals surface area contributed by atoms with E-state index in [9.17, 15) is 14.7 Å². The fourth-order valence-corrected chi connectivity index (χ4v) is 7.61. The van der Waals surface area contributed by atoms with E-state index in [1.54, 1.807) is 20.2 Å². The van der Waals surface area contributed by atoms with Crippen LogP contribution in [-0.2, 0) is 31.8 Å². The van der Waals surface area contributed by atoms with E-state index in [1.807, 2.05) is 25.1 Å². The van der Waals surface area contributed by atoms with E-state index in [1.165, 1.54) is 16.0 Å². The number of ether oxygens (including phenoxy) is 2. The quantitative estimate of drug-likeness (QED) is 0.400. The normalized spacial score (nSPS) is 24.9. The van der Waals surface area contributed by atoms with Crippen LogP contribution in [0.3, 0.4) is 0 Å². The third-order valence-corrected chi connectivity index (χ3v) is 10.5. The molecule has 2 aliphatic carbocycles. The minimum absolute atomic E-state index is 0.158. The molecule has 1 aliphatic heterocycles. The minimum atomic E-state index is -2.15. The zero-order chi connectivity index (χ0) is 30.9. The second-order valence-electron chi connectivity index (χ2n) is 12.9. The Bertz CT molecular complexity index is 1350. The summed E-state index contributed by atoms with van der Waals surface area (Å²) in [4.78, 5) is 29.7. The molecular weight excluding hydrogens is 566 g/mol. The first-order valence-corrected chi connectivity index (χ1v) is 16.0. The second kappa shape index (κ2) is 12.7. The minimum Gasteiger partial charge on any atom is -0.490 e. The summed E-state index contributed by atoms with van der Waals surface area (Å²) in [7, 11) is 3.44. The number of anilines is 1. The van der Waals surface area contributed by atoms with Crippen LogP contribution in [0.25, 0.3) is 0 Å². The van der Waals surface area contributed by atoms with E-state index in [-0.39, 0.29) is 17.4 Å². The smallest absolute Gasteiger partial charge is 0.254 e. The number of aryl methyl sites for hydroxylation is 1. The largest absolute Gasteiger partial charge is 0.490 e. The molecule has 1 saturated carbocycles. The van der Waals surface area contributed by atoms with Gasteiger partial charge in [-0.15, -0.1) is 0 Å². The van der Waals surface area contributed by atoms with Crippen molar-refractivity contribution in [1.82, 2.24) is 4.90 Å². The first-order valence-electron chi connectivity index (χ1n) is 15.6. The van der Waals surface area contributed by atoms with Gasteiger partial charge in [0.05, 0.1) is 24.8 Å². The highest BCUT2D eigenvalue weighted by molar-refractivity contribution is 6.30. The Morgan fingerprint density at radius 3 is 2.74 bits per heavy atom. The number of rotatable bonds is 10. The third-order valence-electron chi connectivity index (χ3n) is 10.2. The fraction of sp³-hybridized carbons (Fsp3) is 0.588. The van der Waals surface area contributed by atoms with Crippen molar-refractivity contribution >= 4 is 29.1 Å². The summed E-state index contributed by atoms with van der Waals surface area (Å²) in [6, 6.07) is 11.5. The van der Waals surface area contributed by atoms with Crippen molar-refractivity contribution in [3.63, 3.8) is 0 Å². The number of methoxy groups -OCH3 is 1. The number of fused-ring (bicyclic) bond motifs is 3. The van der Waals surface area contributed by atoms with Gasteiger partial charge in [-0.1, -0.05) is 30.7 Å². The molecule has 43 heavy (non-hydrogen) atoms. The van der Waals surface area contributed by atoms with E-state index >= 15 is 0 Å². The predicted molar refractivity (Wildman–Crippen MR) is 169 cm³/mol. The maximum absolute atomic E-state index is 13.0. The molecule has 1 fully saturated rings. The van der Waals surface area contributed by atoms with E-state index in [4.69, 9.17) is 26.8 Å². The lowest BCUT2D eigenvalue weighted by Gasteiger charge is -2.46. The summed E-state index contributed by atoms with van der Waals surface area (Å²) >= 11 is 6.41. The third kappa shape index (κ3) is 6.11. The molecule has 234 valence electrons. The molecule has 9 heteroatoms. The molecule has 0 bridgehead atoms. The van der Waals surface area contributed by atoms with Crippen LogP contribution in [0, 0.1) is 11.8 Å². The molecule has 2 aromatic carbocycles. The number of amides is 2. The predicted octanol–water partition coefficient (Wildman–Crippen LogP) is 4.81. The van der Waals surface area contributed by atoms with Crippen LogP contribution < -0.4 is 15.4 Å². The summed E-state index contributed by atoms with van der Waals surface area (Å²) in [5.74, 6) is 0.277. The van der Waals surface area contributed by atoms with Gasteiger partial charge in [0.15, 0.2) is 5.60 Å². The van der Waals surface area contributed by atoms with Crippen molar-refractivity contribution in [3.8, 4) is 5.75 Å². The number of hydrogen-bond acceptors (Lipinski definition) is 6. The van der Waals surface area contributed by atoms with Gasteiger partial charge in [0, 0.05) is 44.2 Å². The highest BCUT2D eigenvalue weighted by Crippen LogP contribution is 2.47. The van der Waals surface area contributed by atoms with Crippen LogP contribution >= 0.6 is 11.6 Å². The number of halogens is 1. The summed E-state index contributed by atoms with van der Waals surface area (Å²) in [6.07, 6.45) is 5.72. The first-order chi connectivity index (χ1) is 20.5. The Morgan fingerprint density at radius 2 is 2.07 bits per heavy atom. The van der Waals surface area contributed by atoms with Crippen LogP contribution in [0.4, 0.5) is 5.69 Å². The summed E-state index contributed by atoms with van der Waals surface area (Å²) < 4.78 is 12.3. The lowest BCUT2D eigenvalue weighted by atomic mass is 9.68. The van der Waals surface area contributed by atoms with Gasteiger partial charge in [0.2, 0.25) is 5.91 Å². The van der Waals surface area contributed by atoms with Gasteiger partial charge in [0.1, 0.15) is 5.75 Å². The molecule has 0 aromatic heterocycles. The molecule has 2 amide bonds. The first kappa shape index (κ1) is 31.6. The number of carbonyl (C=O) groups excluding carboxylic acids is 2. The Morgan fingerprint density at radius 1 is 1.28 bits per heavy atom. The van der Waals surface area contributed by atoms with Gasteiger partial charge in [-0.25, -0.2) is 0 Å². The lowest BCUT2D eigenvalue weighted by molar-refractivity contribution is -0.147. The zero-order valence-corrected chi connectivity index (χ0v) is 26.7. The fourth-order valence-electron chi connectivity index (χ4n) is 7.41. The molecule has 2 aromatic rings. The number of nitrogens with zero attached hydrogens (tertiary/aromatic N) is 2. The van der Waals surface area contributed by atoms with Gasteiger partial charge in [-0.2, -0.15) is 0 Å². The lowest BCUT2D eigenvalue weighted by Crippen LogP contribution is -2.49. The van der Waals surface area contributed by atoms with Crippen molar-refractivity contribution in [2.45, 2.75) is 75.9 Å². The molecule has 0 saturated heterocycles. The van der Waals surface area contributed by atoms with E-state index in [0.29, 0.717) is 36.3 Å². The molecule has 1 heterocycles. The van der Waals surface area contributed by atoms with Crippen LogP contribution in [0.1, 0.15) is 69.1 Å². The monoisotopic (exact) mass is 611 g/mol. The van der Waals surface area contributed by atoms with Crippen LogP contribution in [-0.4, -0.2) is 68.3 Å². The summed E-state index contributed by atoms with van der Waals surface area (Å²) in [5, 5.41) is 12.4. The maximum Gasteiger partial charge on any atom is 0.254 e. The van der Waals surface area contributed by atoms with Crippen molar-refractivity contribution in [2.75, 3.05) is 45.3 Å². The molecule has 5 rings (SSSR count). The Kier molecular flexibility index (Phi) is 9.31. The SMILES string of the molecule is CCCN(C)C(=O)CC(O)(C(N)=O)c1ccc2c(c1)N(C[C@@H]1CC[C@H]1[C@H](C)OC)C[C@@]1(CCCc3cc(Cl)ccc31)CO2. The van der Waals surface area contributed by atoms with Gasteiger partial charge in [0.25, 0.3) is 5.91 Å². The standard InChI is InChI=1S/C34H46ClN3O5/c1-5-15-37(3)31(39)18-34(41,32(36)40)25-9-13-30-29(17-25)38(19-24-8-11-27(24)22(2)42-4)20-33(21-43-30)14-6-7-23-16-26(35)10-12-28(23)33/h9-10,12-13,16-17,22,24,27,41H,5-8,11,14-15,18-21H2,1-4H3,(H2,36,40)/t22-,24-,27-,33-,34?/m0/s1. The molecule has 8 nitrogen and oxygen atoms in total. The van der Waals surface area contributed by atoms with Gasteiger partial charge >= 0.3 is 0 Å². The van der Waals surface area contributed by atoms with Crippen LogP contribution in [0.15, 0.2) is 36.4 Å². The summed E-state index contributed by atoms with van der Waals surface area (Å²) in [5.41, 5.74) is 7.04. The highest BCUT2D eigenvalue weighted by Gasteiger charge is 2.45. The zero-order valence-electron chi connectivity index (χ0n) is 25.9. The molecule has 5 atom stereocenters. The number of carbonyl (C=O) groups is 2. The van der Waals surface area contributed by atoms with Gasteiger partial charge in [-0.3, -0.25) is 9.59 Å². The number of aliphatic hydroxyl groups is 1. The highest BCUT2D eigenvalue weighted by atomic mass is 35.5. The van der Waals surface area contributed by atoms with E-state index in [2.05, 4.69) is 24.0 Å². The number of hydrogen-bond donors (Lipinski definition) is 2.